The van der Waals surface area contributed by atoms with Crippen molar-refractivity contribution >= 4 is 12.4 Å². The minimum atomic E-state index is -0.437. The second-order valence-electron chi connectivity index (χ2n) is 7.71. The molecule has 2 rings (SSSR count). The minimum Gasteiger partial charge on any atom is -0.444 e. The van der Waals surface area contributed by atoms with Crippen molar-refractivity contribution in [2.75, 3.05) is 26.2 Å². The highest BCUT2D eigenvalue weighted by Crippen LogP contribution is 2.31. The van der Waals surface area contributed by atoms with Crippen LogP contribution in [0, 0.1) is 17.8 Å². The summed E-state index contributed by atoms with van der Waals surface area (Å²) < 4.78 is 5.48. The molecule has 5 heteroatoms. The molecule has 5 nitrogen and oxygen atoms in total. The topological polar surface area (TPSA) is 58.6 Å². The average Bonchev–Trinajstić information content (AvgIpc) is 2.71. The van der Waals surface area contributed by atoms with Gasteiger partial charge in [0.05, 0.1) is 0 Å². The molecule has 126 valence electrons. The van der Waals surface area contributed by atoms with Gasteiger partial charge in [0, 0.05) is 25.6 Å². The van der Waals surface area contributed by atoms with Crippen molar-refractivity contribution in [2.24, 2.45) is 17.8 Å². The lowest BCUT2D eigenvalue weighted by atomic mass is 9.79. The van der Waals surface area contributed by atoms with Crippen LogP contribution < -0.4 is 5.32 Å². The molecule has 0 aromatic rings. The summed E-state index contributed by atoms with van der Waals surface area (Å²) in [5.41, 5.74) is -0.437. The first-order chi connectivity index (χ1) is 10.4. The first-order valence-electron chi connectivity index (χ1n) is 8.53. The van der Waals surface area contributed by atoms with Crippen LogP contribution in [0.1, 0.15) is 46.5 Å². The predicted molar refractivity (Wildman–Crippen MR) is 85.7 cm³/mol. The Kier molecular flexibility index (Phi) is 5.84. The maximum absolute atomic E-state index is 12.2. The molecule has 0 radical (unpaired) electrons. The van der Waals surface area contributed by atoms with Crippen LogP contribution in [0.5, 0.6) is 0 Å². The van der Waals surface area contributed by atoms with Gasteiger partial charge in [0.15, 0.2) is 0 Å². The molecule has 2 heterocycles. The van der Waals surface area contributed by atoms with Crippen molar-refractivity contribution in [1.29, 1.82) is 0 Å². The van der Waals surface area contributed by atoms with Crippen LogP contribution in [0.15, 0.2) is 0 Å². The average molecular weight is 310 g/mol. The summed E-state index contributed by atoms with van der Waals surface area (Å²) in [5, 5.41) is 3.38. The smallest absolute Gasteiger partial charge is 0.410 e. The molecule has 22 heavy (non-hydrogen) atoms. The summed E-state index contributed by atoms with van der Waals surface area (Å²) >= 11 is 0. The number of carbonyl (C=O) groups is 2. The van der Waals surface area contributed by atoms with Gasteiger partial charge >= 0.3 is 6.09 Å². The van der Waals surface area contributed by atoms with Gasteiger partial charge in [0.2, 0.25) is 0 Å². The van der Waals surface area contributed by atoms with Gasteiger partial charge in [0.1, 0.15) is 11.9 Å². The minimum absolute atomic E-state index is 0.156. The monoisotopic (exact) mass is 310 g/mol. The molecule has 0 saturated carbocycles. The number of piperidine rings is 1. The second kappa shape index (κ2) is 7.44. The van der Waals surface area contributed by atoms with E-state index >= 15 is 0 Å². The molecule has 2 aliphatic rings. The van der Waals surface area contributed by atoms with Crippen LogP contribution in [0.2, 0.25) is 0 Å². The zero-order valence-electron chi connectivity index (χ0n) is 14.1. The van der Waals surface area contributed by atoms with Crippen LogP contribution in [-0.4, -0.2) is 49.1 Å². The van der Waals surface area contributed by atoms with Crippen LogP contribution in [-0.2, 0) is 9.53 Å². The van der Waals surface area contributed by atoms with Crippen LogP contribution in [0.4, 0.5) is 4.79 Å². The van der Waals surface area contributed by atoms with Gasteiger partial charge in [-0.05, 0) is 64.8 Å². The van der Waals surface area contributed by atoms with Crippen molar-refractivity contribution in [3.63, 3.8) is 0 Å². The Bertz CT molecular complexity index is 392. The lowest BCUT2D eigenvalue weighted by Crippen LogP contribution is -2.40. The number of hydrogen-bond acceptors (Lipinski definition) is 4. The third-order valence-electron chi connectivity index (χ3n) is 4.70. The van der Waals surface area contributed by atoms with E-state index in [1.807, 2.05) is 25.7 Å². The Morgan fingerprint density at radius 2 is 1.95 bits per heavy atom. The Hall–Kier alpha value is -1.10. The number of rotatable bonds is 2. The Morgan fingerprint density at radius 3 is 2.64 bits per heavy atom. The molecular weight excluding hydrogens is 280 g/mol. The zero-order valence-corrected chi connectivity index (χ0v) is 14.1. The molecular formula is C17H30N2O3. The van der Waals surface area contributed by atoms with E-state index in [1.165, 1.54) is 0 Å². The van der Waals surface area contributed by atoms with Gasteiger partial charge in [0.25, 0.3) is 0 Å². The van der Waals surface area contributed by atoms with Gasteiger partial charge in [-0.2, -0.15) is 0 Å². The lowest BCUT2D eigenvalue weighted by molar-refractivity contribution is -0.112. The number of nitrogens with zero attached hydrogens (tertiary/aromatic N) is 1. The van der Waals surface area contributed by atoms with E-state index in [4.69, 9.17) is 4.74 Å². The van der Waals surface area contributed by atoms with Crippen molar-refractivity contribution < 1.29 is 14.3 Å². The summed E-state index contributed by atoms with van der Waals surface area (Å²) in [7, 11) is 0. The number of hydrogen-bond donors (Lipinski definition) is 1. The summed E-state index contributed by atoms with van der Waals surface area (Å²) in [6.45, 7) is 9.07. The van der Waals surface area contributed by atoms with E-state index in [2.05, 4.69) is 5.32 Å². The van der Waals surface area contributed by atoms with E-state index in [9.17, 15) is 9.59 Å². The van der Waals surface area contributed by atoms with Crippen LogP contribution in [0.3, 0.4) is 0 Å². The maximum Gasteiger partial charge on any atom is 0.410 e. The Labute approximate surface area is 133 Å². The highest BCUT2D eigenvalue weighted by atomic mass is 16.6. The van der Waals surface area contributed by atoms with Crippen molar-refractivity contribution in [2.45, 2.75) is 52.1 Å². The highest BCUT2D eigenvalue weighted by Gasteiger charge is 2.31. The van der Waals surface area contributed by atoms with Gasteiger partial charge < -0.3 is 19.7 Å². The van der Waals surface area contributed by atoms with Gasteiger partial charge in [-0.3, -0.25) is 0 Å². The first-order valence-corrected chi connectivity index (χ1v) is 8.53. The Morgan fingerprint density at radius 1 is 1.18 bits per heavy atom. The zero-order chi connectivity index (χ0) is 16.2. The Balaban J connectivity index is 1.87. The SMILES string of the molecule is CC(C)(C)OC(=O)N1CCCC(C2CNCC(C=O)C2)CC1. The van der Waals surface area contributed by atoms with Crippen LogP contribution >= 0.6 is 0 Å². The third kappa shape index (κ3) is 4.97. The molecule has 3 unspecified atom stereocenters. The molecule has 1 amide bonds. The summed E-state index contributed by atoms with van der Waals surface area (Å²) in [5.74, 6) is 1.31. The molecule has 2 fully saturated rings. The quantitative estimate of drug-likeness (QED) is 0.796. The fraction of sp³-hybridized carbons (Fsp3) is 0.882. The molecule has 2 aliphatic heterocycles. The molecule has 0 aliphatic carbocycles. The number of nitrogens with one attached hydrogen (secondary N) is 1. The van der Waals surface area contributed by atoms with Gasteiger partial charge in [-0.15, -0.1) is 0 Å². The summed E-state index contributed by atoms with van der Waals surface area (Å²) in [6, 6.07) is 0. The van der Waals surface area contributed by atoms with Crippen molar-refractivity contribution in [1.82, 2.24) is 10.2 Å². The molecule has 1 N–H and O–H groups in total. The third-order valence-corrected chi connectivity index (χ3v) is 4.70. The molecule has 3 atom stereocenters. The van der Waals surface area contributed by atoms with Crippen molar-refractivity contribution in [3.8, 4) is 0 Å². The first kappa shape index (κ1) is 17.3. The second-order valence-corrected chi connectivity index (χ2v) is 7.71. The van der Waals surface area contributed by atoms with E-state index in [1.54, 1.807) is 0 Å². The fourth-order valence-electron chi connectivity index (χ4n) is 3.58. The molecule has 0 aromatic heterocycles. The van der Waals surface area contributed by atoms with Crippen molar-refractivity contribution in [3.05, 3.63) is 0 Å². The lowest BCUT2D eigenvalue weighted by Gasteiger charge is -2.33. The number of likely N-dealkylation sites (tertiary alicyclic amines) is 1. The predicted octanol–water partition coefficient (Wildman–Crippen LogP) is 2.45. The van der Waals surface area contributed by atoms with Crippen LogP contribution in [0.25, 0.3) is 0 Å². The normalized spacial score (nSPS) is 30.5. The van der Waals surface area contributed by atoms with E-state index in [0.717, 1.165) is 58.1 Å². The number of aldehydes is 1. The van der Waals surface area contributed by atoms with Gasteiger partial charge in [-0.1, -0.05) is 0 Å². The fourth-order valence-corrected chi connectivity index (χ4v) is 3.58. The number of ether oxygens (including phenoxy) is 1. The molecule has 0 aromatic carbocycles. The van der Waals surface area contributed by atoms with E-state index < -0.39 is 5.60 Å². The largest absolute Gasteiger partial charge is 0.444 e. The summed E-state index contributed by atoms with van der Waals surface area (Å²) in [4.78, 5) is 25.1. The highest BCUT2D eigenvalue weighted by molar-refractivity contribution is 5.68. The van der Waals surface area contributed by atoms with Gasteiger partial charge in [-0.25, -0.2) is 4.79 Å². The summed E-state index contributed by atoms with van der Waals surface area (Å²) in [6.07, 6.45) is 5.05. The molecule has 2 saturated heterocycles. The number of carbonyl (C=O) groups excluding carboxylic acids is 2. The molecule has 0 spiro atoms. The van der Waals surface area contributed by atoms with E-state index in [-0.39, 0.29) is 12.0 Å². The maximum atomic E-state index is 12.2. The number of amides is 1. The molecule has 0 bridgehead atoms. The van der Waals surface area contributed by atoms with E-state index in [0.29, 0.717) is 11.8 Å². The standard InChI is InChI=1S/C17H30N2O3/c1-17(2,3)22-16(21)19-7-4-5-14(6-8-19)15-9-13(12-20)10-18-11-15/h12-15,18H,4-11H2,1-3H3.